The smallest absolute Gasteiger partial charge is 0.0543 e. The van der Waals surface area contributed by atoms with Crippen LogP contribution in [0.2, 0.25) is 0 Å². The molecule has 0 aliphatic heterocycles. The van der Waals surface area contributed by atoms with Crippen molar-refractivity contribution in [1.82, 2.24) is 0 Å². The maximum absolute atomic E-state index is 2.54. The van der Waals surface area contributed by atoms with Crippen LogP contribution in [0.1, 0.15) is 49.7 Å². The first-order valence-electron chi connectivity index (χ1n) is 19.5. The van der Waals surface area contributed by atoms with Gasteiger partial charge >= 0.3 is 0 Å². The number of rotatable bonds is 5. The highest BCUT2D eigenvalue weighted by atomic mass is 15.1. The van der Waals surface area contributed by atoms with Gasteiger partial charge in [0.15, 0.2) is 0 Å². The van der Waals surface area contributed by atoms with Gasteiger partial charge < -0.3 is 4.90 Å². The van der Waals surface area contributed by atoms with Gasteiger partial charge in [0.05, 0.1) is 5.69 Å². The quantitative estimate of drug-likeness (QED) is 0.176. The third-order valence-corrected chi connectivity index (χ3v) is 13.5. The van der Waals surface area contributed by atoms with Crippen molar-refractivity contribution in [3.05, 3.63) is 175 Å². The lowest BCUT2D eigenvalue weighted by molar-refractivity contribution is 0.0618. The van der Waals surface area contributed by atoms with E-state index >= 15 is 0 Å². The lowest BCUT2D eigenvalue weighted by atomic mass is 9.51. The second-order valence-corrected chi connectivity index (χ2v) is 16.1. The van der Waals surface area contributed by atoms with Crippen LogP contribution in [0.25, 0.3) is 44.2 Å². The minimum Gasteiger partial charge on any atom is -0.310 e. The van der Waals surface area contributed by atoms with Crippen molar-refractivity contribution < 1.29 is 0 Å². The highest BCUT2D eigenvalue weighted by molar-refractivity contribution is 5.96. The standard InChI is InChI=1S/C51H43N/c1-2-9-36(10-3-1)38-20-25-44(26-21-38)52(45-27-22-39(23-28-45)41-19-18-37-11-4-5-12-40(37)33-41)49-16-8-15-48-50(49)46-13-6-7-14-47(46)51(48)42-24-17-34-29-35(31-42)32-43(51)30-34/h1-16,18-23,25-28,33-35,42-43H,17,24,29-32H2. The first kappa shape index (κ1) is 30.2. The summed E-state index contributed by atoms with van der Waals surface area (Å²) in [7, 11) is 0. The Labute approximate surface area is 307 Å². The van der Waals surface area contributed by atoms with Crippen LogP contribution in [0.3, 0.4) is 0 Å². The SMILES string of the molecule is c1ccc(-c2ccc(N(c3ccc(-c4ccc5ccccc5c4)cc3)c3cccc4c3-c3ccccc3C43C4CCC5CC(C4)CC3C5)cc2)cc1. The zero-order chi connectivity index (χ0) is 34.2. The van der Waals surface area contributed by atoms with E-state index < -0.39 is 0 Å². The van der Waals surface area contributed by atoms with Gasteiger partial charge in [0, 0.05) is 22.4 Å². The minimum atomic E-state index is 0.121. The Hall–Kier alpha value is -5.40. The van der Waals surface area contributed by atoms with Crippen LogP contribution < -0.4 is 4.90 Å². The van der Waals surface area contributed by atoms with Crippen molar-refractivity contribution in [1.29, 1.82) is 0 Å². The fourth-order valence-electron chi connectivity index (χ4n) is 11.5. The van der Waals surface area contributed by atoms with E-state index in [-0.39, 0.29) is 5.41 Å². The molecule has 5 aliphatic rings. The molecule has 0 N–H and O–H groups in total. The third-order valence-electron chi connectivity index (χ3n) is 13.5. The van der Waals surface area contributed by atoms with Crippen molar-refractivity contribution >= 4 is 27.8 Å². The molecule has 4 bridgehead atoms. The van der Waals surface area contributed by atoms with Gasteiger partial charge in [-0.25, -0.2) is 0 Å². The topological polar surface area (TPSA) is 3.24 Å². The molecular formula is C51H43N. The molecule has 252 valence electrons. The second-order valence-electron chi connectivity index (χ2n) is 16.1. The summed E-state index contributed by atoms with van der Waals surface area (Å²) in [5.74, 6) is 3.28. The summed E-state index contributed by atoms with van der Waals surface area (Å²) in [5, 5.41) is 2.55. The molecule has 12 rings (SSSR count). The maximum Gasteiger partial charge on any atom is 0.0543 e. The fourth-order valence-corrected chi connectivity index (χ4v) is 11.5. The van der Waals surface area contributed by atoms with Gasteiger partial charge in [0.1, 0.15) is 0 Å². The summed E-state index contributed by atoms with van der Waals surface area (Å²) in [6.45, 7) is 0. The number of anilines is 3. The molecule has 5 unspecified atom stereocenters. The Morgan fingerprint density at radius 3 is 1.85 bits per heavy atom. The Morgan fingerprint density at radius 2 is 1.04 bits per heavy atom. The van der Waals surface area contributed by atoms with Gasteiger partial charge in [-0.15, -0.1) is 0 Å². The molecule has 7 aromatic rings. The van der Waals surface area contributed by atoms with E-state index in [1.807, 2.05) is 0 Å². The molecular weight excluding hydrogens is 627 g/mol. The van der Waals surface area contributed by atoms with Gasteiger partial charge in [-0.05, 0) is 142 Å². The summed E-state index contributed by atoms with van der Waals surface area (Å²) in [5.41, 5.74) is 14.9. The normalized spacial score (nSPS) is 23.8. The van der Waals surface area contributed by atoms with Gasteiger partial charge in [-0.2, -0.15) is 0 Å². The minimum absolute atomic E-state index is 0.121. The van der Waals surface area contributed by atoms with Crippen LogP contribution in [-0.4, -0.2) is 0 Å². The summed E-state index contributed by atoms with van der Waals surface area (Å²) >= 11 is 0. The molecule has 5 atom stereocenters. The molecule has 1 heteroatoms. The Morgan fingerprint density at radius 1 is 0.423 bits per heavy atom. The van der Waals surface area contributed by atoms with Crippen LogP contribution in [0.4, 0.5) is 17.1 Å². The first-order valence-corrected chi connectivity index (χ1v) is 19.5. The van der Waals surface area contributed by atoms with E-state index in [4.69, 9.17) is 0 Å². The zero-order valence-corrected chi connectivity index (χ0v) is 29.6. The Balaban J connectivity index is 1.09. The van der Waals surface area contributed by atoms with Crippen molar-refractivity contribution in [3.63, 3.8) is 0 Å². The summed E-state index contributed by atoms with van der Waals surface area (Å²) < 4.78 is 0. The van der Waals surface area contributed by atoms with E-state index in [9.17, 15) is 0 Å². The molecule has 0 saturated heterocycles. The van der Waals surface area contributed by atoms with Crippen molar-refractivity contribution in [2.75, 3.05) is 4.90 Å². The van der Waals surface area contributed by atoms with Crippen LogP contribution in [0.15, 0.2) is 164 Å². The molecule has 1 spiro atoms. The second kappa shape index (κ2) is 11.8. The Bertz CT molecular complexity index is 2430. The van der Waals surface area contributed by atoms with E-state index in [0.717, 1.165) is 23.7 Å². The summed E-state index contributed by atoms with van der Waals surface area (Å²) in [6.07, 6.45) is 8.44. The average molecular weight is 670 g/mol. The van der Waals surface area contributed by atoms with Crippen LogP contribution in [0.5, 0.6) is 0 Å². The number of benzene rings is 7. The molecule has 4 fully saturated rings. The fraction of sp³-hybridized carbons (Fsp3) is 0.216. The maximum atomic E-state index is 2.54. The number of hydrogen-bond acceptors (Lipinski definition) is 1. The van der Waals surface area contributed by atoms with E-state index in [1.54, 1.807) is 11.1 Å². The molecule has 0 heterocycles. The van der Waals surface area contributed by atoms with Crippen molar-refractivity contribution in [2.24, 2.45) is 23.7 Å². The highest BCUT2D eigenvalue weighted by Crippen LogP contribution is 2.68. The zero-order valence-electron chi connectivity index (χ0n) is 29.6. The van der Waals surface area contributed by atoms with E-state index in [2.05, 4.69) is 169 Å². The summed E-state index contributed by atoms with van der Waals surface area (Å²) in [6, 6.07) is 61.6. The van der Waals surface area contributed by atoms with Gasteiger partial charge in [0.2, 0.25) is 0 Å². The molecule has 0 radical (unpaired) electrons. The number of fused-ring (bicyclic) bond motifs is 5. The monoisotopic (exact) mass is 669 g/mol. The Kier molecular flexibility index (Phi) is 6.88. The highest BCUT2D eigenvalue weighted by Gasteiger charge is 2.60. The molecule has 52 heavy (non-hydrogen) atoms. The van der Waals surface area contributed by atoms with Gasteiger partial charge in [0.25, 0.3) is 0 Å². The van der Waals surface area contributed by atoms with E-state index in [0.29, 0.717) is 0 Å². The average Bonchev–Trinajstić information content (AvgIpc) is 3.35. The lowest BCUT2D eigenvalue weighted by Gasteiger charge is -2.53. The largest absolute Gasteiger partial charge is 0.310 e. The van der Waals surface area contributed by atoms with Gasteiger partial charge in [-0.3, -0.25) is 0 Å². The molecule has 4 saturated carbocycles. The predicted molar refractivity (Wildman–Crippen MR) is 217 cm³/mol. The molecule has 0 aromatic heterocycles. The molecule has 5 aliphatic carbocycles. The van der Waals surface area contributed by atoms with Crippen LogP contribution in [-0.2, 0) is 5.41 Å². The predicted octanol–water partition coefficient (Wildman–Crippen LogP) is 13.8. The first-order chi connectivity index (χ1) is 25.7. The number of nitrogens with zero attached hydrogens (tertiary/aromatic N) is 1. The third kappa shape index (κ3) is 4.54. The van der Waals surface area contributed by atoms with Crippen molar-refractivity contribution in [3.8, 4) is 33.4 Å². The molecule has 7 aromatic carbocycles. The lowest BCUT2D eigenvalue weighted by Crippen LogP contribution is -2.48. The van der Waals surface area contributed by atoms with Crippen LogP contribution in [0, 0.1) is 23.7 Å². The van der Waals surface area contributed by atoms with Crippen LogP contribution >= 0.6 is 0 Å². The molecule has 0 amide bonds. The summed E-state index contributed by atoms with van der Waals surface area (Å²) in [4.78, 5) is 2.54. The number of hydrogen-bond donors (Lipinski definition) is 0. The molecule has 1 nitrogen and oxygen atoms in total. The van der Waals surface area contributed by atoms with Gasteiger partial charge in [-0.1, -0.05) is 134 Å². The van der Waals surface area contributed by atoms with Crippen molar-refractivity contribution in [2.45, 2.75) is 43.9 Å². The van der Waals surface area contributed by atoms with E-state index in [1.165, 1.54) is 99.7 Å².